The monoisotopic (exact) mass is 266 g/mol. The Kier molecular flexibility index (Phi) is 3.81. The highest BCUT2D eigenvalue weighted by Crippen LogP contribution is 2.58. The topological polar surface area (TPSA) is 50.4 Å². The molecule has 2 aliphatic heterocycles. The van der Waals surface area contributed by atoms with Crippen molar-refractivity contribution >= 4 is 5.91 Å². The Morgan fingerprint density at radius 3 is 2.95 bits per heavy atom. The van der Waals surface area contributed by atoms with Crippen LogP contribution in [-0.2, 0) is 9.53 Å². The Labute approximate surface area is 115 Å². The Hall–Kier alpha value is -0.610. The fraction of sp³-hybridized carbons (Fsp3) is 0.933. The summed E-state index contributed by atoms with van der Waals surface area (Å²) in [6, 6.07) is 0.245. The summed E-state index contributed by atoms with van der Waals surface area (Å²) in [4.78, 5) is 12.3. The summed E-state index contributed by atoms with van der Waals surface area (Å²) in [7, 11) is 0. The molecule has 0 bridgehead atoms. The molecule has 1 aliphatic carbocycles. The van der Waals surface area contributed by atoms with E-state index in [1.807, 2.05) is 0 Å². The number of nitrogens with one attached hydrogen (secondary N) is 2. The van der Waals surface area contributed by atoms with Gasteiger partial charge in [0.05, 0.1) is 6.10 Å². The molecule has 108 valence electrons. The molecule has 2 N–H and O–H groups in total. The molecular formula is C15H26N2O2. The van der Waals surface area contributed by atoms with Crippen molar-refractivity contribution in [3.8, 4) is 0 Å². The zero-order valence-corrected chi connectivity index (χ0v) is 11.9. The van der Waals surface area contributed by atoms with Crippen molar-refractivity contribution in [2.24, 2.45) is 11.3 Å². The first kappa shape index (κ1) is 13.4. The van der Waals surface area contributed by atoms with Gasteiger partial charge in [0.25, 0.3) is 0 Å². The summed E-state index contributed by atoms with van der Waals surface area (Å²) in [5, 5.41) is 6.58. The fourth-order valence-electron chi connectivity index (χ4n) is 3.82. The average Bonchev–Trinajstić information content (AvgIpc) is 2.84. The van der Waals surface area contributed by atoms with E-state index in [2.05, 4.69) is 17.6 Å². The van der Waals surface area contributed by atoms with Crippen LogP contribution in [0.2, 0.25) is 0 Å². The predicted molar refractivity (Wildman–Crippen MR) is 73.8 cm³/mol. The van der Waals surface area contributed by atoms with Crippen molar-refractivity contribution in [2.75, 3.05) is 19.7 Å². The Morgan fingerprint density at radius 2 is 2.26 bits per heavy atom. The number of ether oxygens (including phenoxy) is 1. The third-order valence-electron chi connectivity index (χ3n) is 5.13. The van der Waals surface area contributed by atoms with Gasteiger partial charge in [-0.25, -0.2) is 0 Å². The van der Waals surface area contributed by atoms with Crippen LogP contribution >= 0.6 is 0 Å². The van der Waals surface area contributed by atoms with Crippen LogP contribution in [0.4, 0.5) is 0 Å². The van der Waals surface area contributed by atoms with E-state index < -0.39 is 0 Å². The molecular weight excluding hydrogens is 240 g/mol. The van der Waals surface area contributed by atoms with E-state index in [4.69, 9.17) is 4.74 Å². The first-order valence-electron chi connectivity index (χ1n) is 7.82. The molecule has 2 saturated heterocycles. The minimum atomic E-state index is 0.245. The summed E-state index contributed by atoms with van der Waals surface area (Å²) < 4.78 is 5.63. The second kappa shape index (κ2) is 5.41. The predicted octanol–water partition coefficient (Wildman–Crippen LogP) is 1.45. The first-order valence-corrected chi connectivity index (χ1v) is 7.82. The lowest BCUT2D eigenvalue weighted by Crippen LogP contribution is -2.38. The van der Waals surface area contributed by atoms with Crippen LogP contribution < -0.4 is 10.6 Å². The number of carbonyl (C=O) groups is 1. The first-order chi connectivity index (χ1) is 9.20. The van der Waals surface area contributed by atoms with Crippen molar-refractivity contribution in [2.45, 2.75) is 57.6 Å². The number of piperidine rings is 1. The highest BCUT2D eigenvalue weighted by Gasteiger charge is 2.57. The summed E-state index contributed by atoms with van der Waals surface area (Å²) in [6.45, 7) is 5.16. The normalized spacial score (nSPS) is 34.2. The van der Waals surface area contributed by atoms with Crippen molar-refractivity contribution in [3.05, 3.63) is 0 Å². The number of amides is 1. The van der Waals surface area contributed by atoms with Crippen LogP contribution in [0.25, 0.3) is 0 Å². The Morgan fingerprint density at radius 1 is 1.47 bits per heavy atom. The van der Waals surface area contributed by atoms with Crippen LogP contribution in [-0.4, -0.2) is 37.7 Å². The molecule has 4 nitrogen and oxygen atoms in total. The molecule has 1 amide bonds. The van der Waals surface area contributed by atoms with E-state index in [9.17, 15) is 4.79 Å². The van der Waals surface area contributed by atoms with Gasteiger partial charge in [-0.05, 0) is 64.0 Å². The lowest BCUT2D eigenvalue weighted by atomic mass is 9.91. The lowest BCUT2D eigenvalue weighted by Gasteiger charge is -2.24. The second-order valence-electron chi connectivity index (χ2n) is 6.65. The second-order valence-corrected chi connectivity index (χ2v) is 6.65. The SMILES string of the molecule is CC(CC1CCCO1)NC(=O)C1CC12CCNCC2. The molecule has 4 heteroatoms. The van der Waals surface area contributed by atoms with Crippen LogP contribution in [0.5, 0.6) is 0 Å². The fourth-order valence-corrected chi connectivity index (χ4v) is 3.82. The molecule has 2 heterocycles. The van der Waals surface area contributed by atoms with Gasteiger partial charge in [-0.2, -0.15) is 0 Å². The summed E-state index contributed by atoms with van der Waals surface area (Å²) in [6.07, 6.45) is 7.10. The third-order valence-corrected chi connectivity index (χ3v) is 5.13. The molecule has 3 aliphatic rings. The lowest BCUT2D eigenvalue weighted by molar-refractivity contribution is -0.124. The van der Waals surface area contributed by atoms with Crippen molar-refractivity contribution in [3.63, 3.8) is 0 Å². The van der Waals surface area contributed by atoms with Crippen LogP contribution in [0.3, 0.4) is 0 Å². The molecule has 3 rings (SSSR count). The van der Waals surface area contributed by atoms with E-state index in [-0.39, 0.29) is 17.9 Å². The maximum absolute atomic E-state index is 12.3. The minimum absolute atomic E-state index is 0.245. The Balaban J connectivity index is 1.43. The van der Waals surface area contributed by atoms with E-state index >= 15 is 0 Å². The number of hydrogen-bond acceptors (Lipinski definition) is 3. The zero-order valence-electron chi connectivity index (χ0n) is 11.9. The van der Waals surface area contributed by atoms with Gasteiger partial charge < -0.3 is 15.4 Å². The molecule has 1 saturated carbocycles. The molecule has 0 radical (unpaired) electrons. The van der Waals surface area contributed by atoms with Crippen molar-refractivity contribution in [1.29, 1.82) is 0 Å². The van der Waals surface area contributed by atoms with E-state index in [1.54, 1.807) is 0 Å². The van der Waals surface area contributed by atoms with E-state index in [1.165, 1.54) is 19.3 Å². The molecule has 3 unspecified atom stereocenters. The minimum Gasteiger partial charge on any atom is -0.378 e. The summed E-state index contributed by atoms with van der Waals surface area (Å²) >= 11 is 0. The maximum Gasteiger partial charge on any atom is 0.223 e. The summed E-state index contributed by atoms with van der Waals surface area (Å²) in [5.41, 5.74) is 0.346. The number of hydrogen-bond donors (Lipinski definition) is 2. The van der Waals surface area contributed by atoms with E-state index in [0.29, 0.717) is 11.5 Å². The van der Waals surface area contributed by atoms with Gasteiger partial charge in [0.1, 0.15) is 0 Å². The smallest absolute Gasteiger partial charge is 0.223 e. The summed E-state index contributed by atoms with van der Waals surface area (Å²) in [5.74, 6) is 0.564. The van der Waals surface area contributed by atoms with Gasteiger partial charge in [-0.15, -0.1) is 0 Å². The molecule has 0 aromatic heterocycles. The number of carbonyl (C=O) groups excluding carboxylic acids is 1. The zero-order chi connectivity index (χ0) is 13.3. The molecule has 19 heavy (non-hydrogen) atoms. The molecule has 0 aromatic rings. The van der Waals surface area contributed by atoms with Crippen LogP contribution in [0.1, 0.15) is 45.4 Å². The highest BCUT2D eigenvalue weighted by molar-refractivity contribution is 5.82. The van der Waals surface area contributed by atoms with E-state index in [0.717, 1.165) is 39.0 Å². The molecule has 3 atom stereocenters. The van der Waals surface area contributed by atoms with Gasteiger partial charge >= 0.3 is 0 Å². The molecule has 3 fully saturated rings. The standard InChI is InChI=1S/C15H26N2O2/c1-11(9-12-3-2-8-19-12)17-14(18)13-10-15(13)4-6-16-7-5-15/h11-13,16H,2-10H2,1H3,(H,17,18). The third kappa shape index (κ3) is 2.95. The largest absolute Gasteiger partial charge is 0.378 e. The highest BCUT2D eigenvalue weighted by atomic mass is 16.5. The van der Waals surface area contributed by atoms with Gasteiger partial charge in [0, 0.05) is 18.6 Å². The molecule has 1 spiro atoms. The van der Waals surface area contributed by atoms with Crippen LogP contribution in [0.15, 0.2) is 0 Å². The maximum atomic E-state index is 12.3. The van der Waals surface area contributed by atoms with Gasteiger partial charge in [0.15, 0.2) is 0 Å². The molecule has 0 aromatic carbocycles. The quantitative estimate of drug-likeness (QED) is 0.810. The Bertz CT molecular complexity index is 333. The average molecular weight is 266 g/mol. The van der Waals surface area contributed by atoms with Gasteiger partial charge in [0.2, 0.25) is 5.91 Å². The van der Waals surface area contributed by atoms with Crippen molar-refractivity contribution in [1.82, 2.24) is 10.6 Å². The van der Waals surface area contributed by atoms with Crippen LogP contribution in [0, 0.1) is 11.3 Å². The van der Waals surface area contributed by atoms with Gasteiger partial charge in [-0.1, -0.05) is 0 Å². The number of rotatable bonds is 4. The van der Waals surface area contributed by atoms with Gasteiger partial charge in [-0.3, -0.25) is 4.79 Å². The van der Waals surface area contributed by atoms with Crippen molar-refractivity contribution < 1.29 is 9.53 Å².